The van der Waals surface area contributed by atoms with Crippen LogP contribution in [0.2, 0.25) is 0 Å². The van der Waals surface area contributed by atoms with Crippen molar-refractivity contribution in [3.05, 3.63) is 84.1 Å². The fraction of sp³-hybridized carbons (Fsp3) is 0.172. The number of anilines is 1. The molecule has 3 aromatic carbocycles. The molecule has 1 unspecified atom stereocenters. The minimum Gasteiger partial charge on any atom is -0.495 e. The van der Waals surface area contributed by atoms with E-state index in [1.165, 1.54) is 4.68 Å². The number of nitrogens with zero attached hydrogens (tertiary/aromatic N) is 4. The topological polar surface area (TPSA) is 111 Å². The van der Waals surface area contributed by atoms with Gasteiger partial charge in [0.2, 0.25) is 5.91 Å². The lowest BCUT2D eigenvalue weighted by Crippen LogP contribution is -2.24. The van der Waals surface area contributed by atoms with Gasteiger partial charge in [0, 0.05) is 5.56 Å². The predicted octanol–water partition coefficient (Wildman–Crippen LogP) is 5.23. The highest BCUT2D eigenvalue weighted by Crippen LogP contribution is 2.30. The van der Waals surface area contributed by atoms with Crippen LogP contribution in [0.5, 0.6) is 17.2 Å². The summed E-state index contributed by atoms with van der Waals surface area (Å²) >= 11 is 0. The van der Waals surface area contributed by atoms with E-state index in [0.29, 0.717) is 34.2 Å². The Hall–Kier alpha value is -5.10. The molecule has 0 fully saturated rings. The first kappa shape index (κ1) is 26.0. The molecule has 0 spiro atoms. The average Bonchev–Trinajstić information content (AvgIpc) is 3.46. The van der Waals surface area contributed by atoms with Crippen molar-refractivity contribution >= 4 is 23.2 Å². The van der Waals surface area contributed by atoms with Crippen LogP contribution >= 0.6 is 0 Å². The maximum atomic E-state index is 12.8. The molecule has 1 heterocycles. The Morgan fingerprint density at radius 3 is 2.37 bits per heavy atom. The summed E-state index contributed by atoms with van der Waals surface area (Å²) in [5.74, 6) is 1.53. The summed E-state index contributed by atoms with van der Waals surface area (Å²) in [5, 5.41) is 21.0. The molecule has 0 aliphatic heterocycles. The first-order valence-electron chi connectivity index (χ1n) is 11.8. The molecule has 0 aliphatic carbocycles. The van der Waals surface area contributed by atoms with E-state index in [9.17, 15) is 10.1 Å². The minimum atomic E-state index is -0.602. The summed E-state index contributed by atoms with van der Waals surface area (Å²) < 4.78 is 17.4. The Balaban J connectivity index is 1.50. The third kappa shape index (κ3) is 5.65. The number of nitriles is 1. The van der Waals surface area contributed by atoms with Crippen LogP contribution in [0.15, 0.2) is 72.9 Å². The maximum absolute atomic E-state index is 12.8. The molecule has 38 heavy (non-hydrogen) atoms. The number of hydrogen-bond donors (Lipinski definition) is 1. The molecule has 0 bridgehead atoms. The number of carbonyl (C=O) groups excluding carboxylic acids is 1. The van der Waals surface area contributed by atoms with Gasteiger partial charge in [-0.3, -0.25) is 4.79 Å². The summed E-state index contributed by atoms with van der Waals surface area (Å²) in [4.78, 5) is 12.8. The van der Waals surface area contributed by atoms with Crippen molar-refractivity contribution in [3.8, 4) is 34.6 Å². The molecule has 0 saturated heterocycles. The number of benzene rings is 3. The fourth-order valence-electron chi connectivity index (χ4n) is 3.81. The zero-order valence-electron chi connectivity index (χ0n) is 21.5. The lowest BCUT2D eigenvalue weighted by Gasteiger charge is -2.14. The van der Waals surface area contributed by atoms with E-state index in [-0.39, 0.29) is 5.91 Å². The van der Waals surface area contributed by atoms with E-state index in [4.69, 9.17) is 14.2 Å². The van der Waals surface area contributed by atoms with E-state index in [1.54, 1.807) is 58.7 Å². The Bertz CT molecular complexity index is 1500. The van der Waals surface area contributed by atoms with E-state index < -0.39 is 6.04 Å². The van der Waals surface area contributed by atoms with Crippen molar-refractivity contribution in [2.75, 3.05) is 26.6 Å². The van der Waals surface area contributed by atoms with Crippen LogP contribution in [0.25, 0.3) is 22.9 Å². The third-order valence-electron chi connectivity index (χ3n) is 5.98. The van der Waals surface area contributed by atoms with Gasteiger partial charge in [-0.1, -0.05) is 47.7 Å². The van der Waals surface area contributed by atoms with E-state index in [1.807, 2.05) is 48.5 Å². The summed E-state index contributed by atoms with van der Waals surface area (Å²) in [6.07, 6.45) is 3.50. The number of methoxy groups -OCH3 is 3. The first-order chi connectivity index (χ1) is 18.5. The highest BCUT2D eigenvalue weighted by molar-refractivity contribution is 5.95. The number of allylic oxidation sites excluding steroid dienone is 1. The summed E-state index contributed by atoms with van der Waals surface area (Å²) in [7, 11) is 4.69. The average molecular weight is 510 g/mol. The van der Waals surface area contributed by atoms with Crippen LogP contribution in [0.4, 0.5) is 5.69 Å². The van der Waals surface area contributed by atoms with Crippen LogP contribution in [-0.2, 0) is 4.79 Å². The van der Waals surface area contributed by atoms with Gasteiger partial charge in [-0.05, 0) is 48.4 Å². The molecular weight excluding hydrogens is 482 g/mol. The smallest absolute Gasteiger partial charge is 0.249 e. The largest absolute Gasteiger partial charge is 0.495 e. The van der Waals surface area contributed by atoms with Gasteiger partial charge in [0.15, 0.2) is 11.5 Å². The molecule has 4 aromatic rings. The van der Waals surface area contributed by atoms with Crippen LogP contribution in [-0.4, -0.2) is 42.2 Å². The standard InChI is InChI=1S/C29H27N5O4/c1-19(29(35)31-24-7-5-6-8-26(24)36-2)34-18-25(32-33-34)22-12-10-21(11-13-22)23(17-30)15-20-9-14-27(37-3)28(16-20)38-4/h5-16,18-19H,1-4H3,(H,31,35)/b23-15+. The van der Waals surface area contributed by atoms with Crippen molar-refractivity contribution in [2.45, 2.75) is 13.0 Å². The van der Waals surface area contributed by atoms with Crippen molar-refractivity contribution < 1.29 is 19.0 Å². The number of rotatable bonds is 9. The summed E-state index contributed by atoms with van der Waals surface area (Å²) in [6, 6.07) is 21.7. The highest BCUT2D eigenvalue weighted by Gasteiger charge is 2.19. The van der Waals surface area contributed by atoms with Crippen molar-refractivity contribution in [1.29, 1.82) is 5.26 Å². The van der Waals surface area contributed by atoms with Crippen LogP contribution in [0.3, 0.4) is 0 Å². The second-order valence-electron chi connectivity index (χ2n) is 8.31. The quantitative estimate of drug-likeness (QED) is 0.243. The molecule has 1 aromatic heterocycles. The van der Waals surface area contributed by atoms with Crippen LogP contribution < -0.4 is 19.5 Å². The van der Waals surface area contributed by atoms with Gasteiger partial charge in [-0.15, -0.1) is 5.10 Å². The molecule has 192 valence electrons. The first-order valence-corrected chi connectivity index (χ1v) is 11.8. The number of ether oxygens (including phenoxy) is 3. The molecule has 1 N–H and O–H groups in total. The van der Waals surface area contributed by atoms with Gasteiger partial charge in [-0.2, -0.15) is 5.26 Å². The van der Waals surface area contributed by atoms with Crippen molar-refractivity contribution in [2.24, 2.45) is 0 Å². The Morgan fingerprint density at radius 1 is 0.974 bits per heavy atom. The van der Waals surface area contributed by atoms with Gasteiger partial charge in [-0.25, -0.2) is 4.68 Å². The summed E-state index contributed by atoms with van der Waals surface area (Å²) in [5.41, 5.74) is 4.05. The fourth-order valence-corrected chi connectivity index (χ4v) is 3.81. The lowest BCUT2D eigenvalue weighted by atomic mass is 10.0. The van der Waals surface area contributed by atoms with Gasteiger partial charge >= 0.3 is 0 Å². The van der Waals surface area contributed by atoms with Gasteiger partial charge in [0.05, 0.1) is 44.9 Å². The molecule has 4 rings (SSSR count). The minimum absolute atomic E-state index is 0.250. The Labute approximate surface area is 220 Å². The number of amides is 1. The highest BCUT2D eigenvalue weighted by atomic mass is 16.5. The molecule has 9 nitrogen and oxygen atoms in total. The second-order valence-corrected chi connectivity index (χ2v) is 8.31. The molecule has 0 saturated carbocycles. The number of aromatic nitrogens is 3. The monoisotopic (exact) mass is 509 g/mol. The molecular formula is C29H27N5O4. The Kier molecular flexibility index (Phi) is 8.04. The number of nitrogens with one attached hydrogen (secondary N) is 1. The maximum Gasteiger partial charge on any atom is 0.249 e. The molecule has 0 radical (unpaired) electrons. The zero-order valence-corrected chi connectivity index (χ0v) is 21.5. The van der Waals surface area contributed by atoms with E-state index in [2.05, 4.69) is 21.7 Å². The normalized spacial score (nSPS) is 11.8. The van der Waals surface area contributed by atoms with E-state index >= 15 is 0 Å². The molecule has 1 atom stereocenters. The number of hydrogen-bond acceptors (Lipinski definition) is 7. The van der Waals surface area contributed by atoms with Gasteiger partial charge in [0.1, 0.15) is 17.5 Å². The van der Waals surface area contributed by atoms with Crippen LogP contribution in [0, 0.1) is 11.3 Å². The van der Waals surface area contributed by atoms with E-state index in [0.717, 1.165) is 16.7 Å². The van der Waals surface area contributed by atoms with Gasteiger partial charge in [0.25, 0.3) is 0 Å². The predicted molar refractivity (Wildman–Crippen MR) is 145 cm³/mol. The number of carbonyl (C=O) groups is 1. The van der Waals surface area contributed by atoms with Crippen LogP contribution in [0.1, 0.15) is 24.1 Å². The summed E-state index contributed by atoms with van der Waals surface area (Å²) in [6.45, 7) is 1.74. The SMILES string of the molecule is COc1ccccc1NC(=O)C(C)n1cc(-c2ccc(/C(C#N)=C/c3ccc(OC)c(OC)c3)cc2)nn1. The molecule has 9 heteroatoms. The second kappa shape index (κ2) is 11.8. The van der Waals surface area contributed by atoms with Gasteiger partial charge < -0.3 is 19.5 Å². The van der Waals surface area contributed by atoms with Crippen molar-refractivity contribution in [1.82, 2.24) is 15.0 Å². The third-order valence-corrected chi connectivity index (χ3v) is 5.98. The zero-order chi connectivity index (χ0) is 27.1. The molecule has 1 amide bonds. The number of para-hydroxylation sites is 2. The lowest BCUT2D eigenvalue weighted by molar-refractivity contribution is -0.119. The molecule has 0 aliphatic rings. The van der Waals surface area contributed by atoms with Crippen molar-refractivity contribution in [3.63, 3.8) is 0 Å². The Morgan fingerprint density at radius 2 is 1.68 bits per heavy atom.